The number of aromatic nitrogens is 5. The fraction of sp³-hybridized carbons (Fsp3) is 0.577. The van der Waals surface area contributed by atoms with Gasteiger partial charge in [0.05, 0.1) is 12.1 Å². The van der Waals surface area contributed by atoms with E-state index in [4.69, 9.17) is 29.3 Å². The second kappa shape index (κ2) is 10.5. The molecule has 0 amide bonds. The van der Waals surface area contributed by atoms with Gasteiger partial charge in [0.25, 0.3) is 0 Å². The van der Waals surface area contributed by atoms with Crippen LogP contribution in [0.25, 0.3) is 11.2 Å². The van der Waals surface area contributed by atoms with E-state index in [-0.39, 0.29) is 18.0 Å². The van der Waals surface area contributed by atoms with Crippen molar-refractivity contribution in [2.24, 2.45) is 0 Å². The molecule has 3 aliphatic rings. The first kappa shape index (κ1) is 27.2. The first-order chi connectivity index (χ1) is 19.1. The minimum atomic E-state index is -1.06. The molecule has 0 radical (unpaired) electrons. The van der Waals surface area contributed by atoms with Gasteiger partial charge in [-0.25, -0.2) is 28.2 Å². The Morgan fingerprint density at radius 3 is 2.77 bits per heavy atom. The van der Waals surface area contributed by atoms with Gasteiger partial charge in [-0.05, 0) is 44.4 Å². The number of fused-ring (bicyclic) bond motifs is 2. The van der Waals surface area contributed by atoms with Crippen LogP contribution in [-0.2, 0) is 19.0 Å². The van der Waals surface area contributed by atoms with E-state index >= 15 is 0 Å². The van der Waals surface area contributed by atoms with E-state index in [0.717, 1.165) is 30.2 Å². The Labute approximate surface area is 233 Å². The Bertz CT molecular complexity index is 1440. The maximum Gasteiger partial charge on any atom is 0.329 e. The molecule has 6 unspecified atom stereocenters. The summed E-state index contributed by atoms with van der Waals surface area (Å²) in [6.07, 6.45) is 0.638. The molecule has 2 aliphatic carbocycles. The number of hydrogen-bond acceptors (Lipinski definition) is 10. The van der Waals surface area contributed by atoms with Gasteiger partial charge in [0.1, 0.15) is 18.8 Å². The van der Waals surface area contributed by atoms with Gasteiger partial charge in [0.2, 0.25) is 0 Å². The van der Waals surface area contributed by atoms with Crippen molar-refractivity contribution in [2.45, 2.75) is 87.3 Å². The summed E-state index contributed by atoms with van der Waals surface area (Å²) >= 11 is 1.52. The monoisotopic (exact) mass is 576 g/mol. The molecular weight excluding hydrogens is 546 g/mol. The number of carboxylic acids is 1. The molecule has 1 aliphatic heterocycles. The Hall–Kier alpha value is -2.94. The molecule has 1 aromatic carbocycles. The van der Waals surface area contributed by atoms with Crippen molar-refractivity contribution < 1.29 is 32.9 Å². The van der Waals surface area contributed by atoms with Crippen LogP contribution in [-0.4, -0.2) is 78.5 Å². The molecule has 11 nitrogen and oxygen atoms in total. The molecule has 2 aromatic heterocycles. The summed E-state index contributed by atoms with van der Waals surface area (Å²) in [6.45, 7) is 5.23. The molecular formula is C26H30F2N6O5S. The van der Waals surface area contributed by atoms with Crippen molar-refractivity contribution in [2.75, 3.05) is 17.7 Å². The van der Waals surface area contributed by atoms with E-state index in [0.29, 0.717) is 28.6 Å². The average Bonchev–Trinajstić information content (AvgIpc) is 3.24. The van der Waals surface area contributed by atoms with E-state index in [1.807, 2.05) is 0 Å². The van der Waals surface area contributed by atoms with Crippen LogP contribution in [0.3, 0.4) is 0 Å². The van der Waals surface area contributed by atoms with Crippen LogP contribution in [0, 0.1) is 11.6 Å². The van der Waals surface area contributed by atoms with Crippen LogP contribution in [0.4, 0.5) is 14.6 Å². The number of nitrogens with zero attached hydrogens (tertiary/aromatic N) is 5. The molecule has 0 bridgehead atoms. The third kappa shape index (κ3) is 5.24. The highest BCUT2D eigenvalue weighted by Crippen LogP contribution is 2.46. The number of anilines is 1. The topological polar surface area (TPSA) is 134 Å². The number of nitrogens with one attached hydrogen (secondary N) is 1. The lowest BCUT2D eigenvalue weighted by Gasteiger charge is -2.23. The second-order valence-corrected chi connectivity index (χ2v) is 11.8. The van der Waals surface area contributed by atoms with Gasteiger partial charge >= 0.3 is 5.97 Å². The summed E-state index contributed by atoms with van der Waals surface area (Å²) in [6, 6.07) is 3.59. The number of benzene rings is 1. The Kier molecular flexibility index (Phi) is 7.13. The quantitative estimate of drug-likeness (QED) is 0.269. The van der Waals surface area contributed by atoms with Crippen LogP contribution >= 0.6 is 11.8 Å². The number of thioether (sulfide) groups is 1. The Morgan fingerprint density at radius 2 is 2.02 bits per heavy atom. The van der Waals surface area contributed by atoms with Crippen molar-refractivity contribution >= 4 is 34.7 Å². The zero-order valence-corrected chi connectivity index (χ0v) is 23.0. The molecule has 1 saturated heterocycles. The summed E-state index contributed by atoms with van der Waals surface area (Å²) < 4.78 is 46.9. The van der Waals surface area contributed by atoms with Gasteiger partial charge in [-0.3, -0.25) is 0 Å². The molecule has 6 atom stereocenters. The lowest BCUT2D eigenvalue weighted by atomic mass is 10.1. The predicted molar refractivity (Wildman–Crippen MR) is 140 cm³/mol. The number of carbonyl (C=O) groups is 1. The van der Waals surface area contributed by atoms with Crippen molar-refractivity contribution in [1.82, 2.24) is 25.0 Å². The van der Waals surface area contributed by atoms with Crippen LogP contribution in [0.5, 0.6) is 0 Å². The number of carboxylic acid groups (broad SMARTS) is 1. The van der Waals surface area contributed by atoms with Gasteiger partial charge in [-0.1, -0.05) is 30.0 Å². The van der Waals surface area contributed by atoms with Crippen LogP contribution in [0.2, 0.25) is 0 Å². The first-order valence-corrected chi connectivity index (χ1v) is 14.3. The number of aliphatic carboxylic acids is 1. The predicted octanol–water partition coefficient (Wildman–Crippen LogP) is 3.90. The van der Waals surface area contributed by atoms with Gasteiger partial charge in [-0.2, -0.15) is 0 Å². The fourth-order valence-electron chi connectivity index (χ4n) is 5.52. The van der Waals surface area contributed by atoms with Crippen molar-refractivity contribution in [3.8, 4) is 0 Å². The van der Waals surface area contributed by atoms with E-state index in [9.17, 15) is 13.6 Å². The van der Waals surface area contributed by atoms with Crippen molar-refractivity contribution in [3.63, 3.8) is 0 Å². The molecule has 6 rings (SSSR count). The maximum atomic E-state index is 13.8. The molecule has 2 N–H and O–H groups in total. The Balaban J connectivity index is 1.31. The zero-order chi connectivity index (χ0) is 28.2. The summed E-state index contributed by atoms with van der Waals surface area (Å²) in [4.78, 5) is 20.7. The lowest BCUT2D eigenvalue weighted by Crippen LogP contribution is -2.32. The van der Waals surface area contributed by atoms with Crippen LogP contribution in [0.15, 0.2) is 23.4 Å². The van der Waals surface area contributed by atoms with Gasteiger partial charge in [0.15, 0.2) is 39.6 Å². The maximum absolute atomic E-state index is 13.8. The molecule has 214 valence electrons. The minimum absolute atomic E-state index is 0.0101. The molecule has 3 aromatic rings. The van der Waals surface area contributed by atoms with E-state index in [1.54, 1.807) is 24.6 Å². The van der Waals surface area contributed by atoms with Gasteiger partial charge in [0, 0.05) is 24.1 Å². The van der Waals surface area contributed by atoms with Crippen LogP contribution < -0.4 is 5.32 Å². The average molecular weight is 577 g/mol. The highest BCUT2D eigenvalue weighted by molar-refractivity contribution is 7.99. The smallest absolute Gasteiger partial charge is 0.329 e. The molecule has 40 heavy (non-hydrogen) atoms. The molecule has 3 heterocycles. The SMILES string of the molecule is CCCSc1nc(NC2CC2c2ccc(F)c(F)c2)c2nnn(C3CC(OCC(=O)O)C4OC(C)(C)OC43)c2n1. The summed E-state index contributed by atoms with van der Waals surface area (Å²) in [5.74, 6) is -2.33. The highest BCUT2D eigenvalue weighted by atomic mass is 32.2. The first-order valence-electron chi connectivity index (χ1n) is 13.3. The number of halogens is 2. The largest absolute Gasteiger partial charge is 0.480 e. The van der Waals surface area contributed by atoms with E-state index in [1.165, 1.54) is 17.8 Å². The second-order valence-electron chi connectivity index (χ2n) is 10.8. The number of ether oxygens (including phenoxy) is 3. The Morgan fingerprint density at radius 1 is 1.23 bits per heavy atom. The normalized spacial score (nSPS) is 28.6. The van der Waals surface area contributed by atoms with E-state index < -0.39 is 48.3 Å². The van der Waals surface area contributed by atoms with Gasteiger partial charge in [-0.15, -0.1) is 5.10 Å². The molecule has 2 saturated carbocycles. The van der Waals surface area contributed by atoms with Crippen molar-refractivity contribution in [1.29, 1.82) is 0 Å². The molecule has 14 heteroatoms. The standard InChI is InChI=1S/C26H30F2N6O5S/c1-4-7-40-25-30-23(29-16-9-13(16)12-5-6-14(27)15(28)8-12)20-24(31-25)34(33-32-20)17-10-18(37-11-19(35)36)22-21(17)38-26(2,3)39-22/h5-6,8,13,16-18,21-22H,4,7,9-11H2,1-3H3,(H,35,36)(H,29,30,31). The fourth-order valence-corrected chi connectivity index (χ4v) is 6.22. The summed E-state index contributed by atoms with van der Waals surface area (Å²) in [5.41, 5.74) is 1.70. The summed E-state index contributed by atoms with van der Waals surface area (Å²) in [7, 11) is 0. The molecule has 3 fully saturated rings. The van der Waals surface area contributed by atoms with Gasteiger partial charge < -0.3 is 24.6 Å². The molecule has 0 spiro atoms. The minimum Gasteiger partial charge on any atom is -0.480 e. The van der Waals surface area contributed by atoms with Crippen molar-refractivity contribution in [3.05, 3.63) is 35.4 Å². The highest BCUT2D eigenvalue weighted by Gasteiger charge is 2.56. The van der Waals surface area contributed by atoms with E-state index in [2.05, 4.69) is 22.6 Å². The van der Waals surface area contributed by atoms with Crippen LogP contribution in [0.1, 0.15) is 57.6 Å². The third-order valence-electron chi connectivity index (χ3n) is 7.34. The lowest BCUT2D eigenvalue weighted by molar-refractivity contribution is -0.173. The third-order valence-corrected chi connectivity index (χ3v) is 8.39. The zero-order valence-electron chi connectivity index (χ0n) is 22.2. The number of hydrogen-bond donors (Lipinski definition) is 2. The summed E-state index contributed by atoms with van der Waals surface area (Å²) in [5, 5.41) is 22.0. The number of rotatable bonds is 10.